The SMILES string of the molecule is C=C(C)C[C@@H](C(=S)N(C)C)S(=O)C1CCCCC1. The summed E-state index contributed by atoms with van der Waals surface area (Å²) in [5, 5.41) is 0.302. The molecule has 104 valence electrons. The summed E-state index contributed by atoms with van der Waals surface area (Å²) in [6.45, 7) is 5.94. The lowest BCUT2D eigenvalue weighted by molar-refractivity contribution is 0.502. The summed E-state index contributed by atoms with van der Waals surface area (Å²) in [7, 11) is 3.01. The largest absolute Gasteiger partial charge is 0.371 e. The maximum Gasteiger partial charge on any atom is 0.0935 e. The van der Waals surface area contributed by atoms with E-state index in [4.69, 9.17) is 12.2 Å². The first-order valence-corrected chi connectivity index (χ1v) is 8.37. The first-order chi connectivity index (χ1) is 8.43. The Labute approximate surface area is 119 Å². The highest BCUT2D eigenvalue weighted by Crippen LogP contribution is 2.26. The Bertz CT molecular complexity index is 333. The highest BCUT2D eigenvalue weighted by atomic mass is 32.2. The van der Waals surface area contributed by atoms with Crippen LogP contribution in [0.15, 0.2) is 12.2 Å². The highest BCUT2D eigenvalue weighted by molar-refractivity contribution is 7.90. The lowest BCUT2D eigenvalue weighted by Crippen LogP contribution is -2.39. The molecule has 4 heteroatoms. The van der Waals surface area contributed by atoms with Crippen molar-refractivity contribution in [2.75, 3.05) is 14.1 Å². The monoisotopic (exact) mass is 287 g/mol. The third-order valence-electron chi connectivity index (χ3n) is 3.41. The molecule has 1 unspecified atom stereocenters. The van der Waals surface area contributed by atoms with Gasteiger partial charge >= 0.3 is 0 Å². The Morgan fingerprint density at radius 3 is 2.39 bits per heavy atom. The van der Waals surface area contributed by atoms with Crippen molar-refractivity contribution < 1.29 is 4.21 Å². The zero-order valence-corrected chi connectivity index (χ0v) is 13.4. The maximum atomic E-state index is 12.7. The third kappa shape index (κ3) is 4.47. The zero-order valence-electron chi connectivity index (χ0n) is 11.8. The van der Waals surface area contributed by atoms with Gasteiger partial charge in [0.2, 0.25) is 0 Å². The fraction of sp³-hybridized carbons (Fsp3) is 0.786. The molecular formula is C14H25NOS2. The average Bonchev–Trinajstić information content (AvgIpc) is 2.35. The molecule has 0 spiro atoms. The van der Waals surface area contributed by atoms with E-state index < -0.39 is 10.8 Å². The van der Waals surface area contributed by atoms with Crippen molar-refractivity contribution in [2.45, 2.75) is 55.9 Å². The van der Waals surface area contributed by atoms with Crippen molar-refractivity contribution >= 4 is 28.0 Å². The van der Waals surface area contributed by atoms with E-state index in [9.17, 15) is 4.21 Å². The minimum Gasteiger partial charge on any atom is -0.371 e. The van der Waals surface area contributed by atoms with Crippen molar-refractivity contribution in [2.24, 2.45) is 0 Å². The Morgan fingerprint density at radius 2 is 1.94 bits per heavy atom. The second-order valence-electron chi connectivity index (χ2n) is 5.47. The Morgan fingerprint density at radius 1 is 1.39 bits per heavy atom. The van der Waals surface area contributed by atoms with Crippen LogP contribution < -0.4 is 0 Å². The highest BCUT2D eigenvalue weighted by Gasteiger charge is 2.30. The Balaban J connectivity index is 2.77. The van der Waals surface area contributed by atoms with Gasteiger partial charge in [-0.2, -0.15) is 0 Å². The van der Waals surface area contributed by atoms with Gasteiger partial charge in [-0.05, 0) is 26.2 Å². The van der Waals surface area contributed by atoms with E-state index in [1.165, 1.54) is 19.3 Å². The number of hydrogen-bond donors (Lipinski definition) is 0. The molecule has 1 fully saturated rings. The first-order valence-electron chi connectivity index (χ1n) is 6.68. The minimum atomic E-state index is -0.859. The molecule has 18 heavy (non-hydrogen) atoms. The zero-order chi connectivity index (χ0) is 13.7. The first kappa shape index (κ1) is 15.8. The molecule has 0 aromatic rings. The minimum absolute atomic E-state index is 0.0319. The van der Waals surface area contributed by atoms with Gasteiger partial charge in [-0.1, -0.05) is 37.1 Å². The normalized spacial score (nSPS) is 20.2. The van der Waals surface area contributed by atoms with Crippen LogP contribution >= 0.6 is 12.2 Å². The molecule has 0 amide bonds. The fourth-order valence-electron chi connectivity index (χ4n) is 2.40. The number of rotatable bonds is 5. The Hall–Kier alpha value is -0.220. The van der Waals surface area contributed by atoms with Crippen molar-refractivity contribution in [3.8, 4) is 0 Å². The van der Waals surface area contributed by atoms with E-state index >= 15 is 0 Å². The van der Waals surface area contributed by atoms with Gasteiger partial charge in [0.1, 0.15) is 0 Å². The summed E-state index contributed by atoms with van der Waals surface area (Å²) in [6, 6.07) is 0. The van der Waals surface area contributed by atoms with Gasteiger partial charge in [0, 0.05) is 30.1 Å². The van der Waals surface area contributed by atoms with E-state index in [-0.39, 0.29) is 5.25 Å². The Kier molecular flexibility index (Phi) is 6.50. The summed E-state index contributed by atoms with van der Waals surface area (Å²) >= 11 is 5.46. The molecule has 1 aliphatic carbocycles. The second-order valence-corrected chi connectivity index (χ2v) is 7.78. The number of nitrogens with zero attached hydrogens (tertiary/aromatic N) is 1. The molecule has 0 N–H and O–H groups in total. The van der Waals surface area contributed by atoms with E-state index in [2.05, 4.69) is 6.58 Å². The summed E-state index contributed by atoms with van der Waals surface area (Å²) in [5.41, 5.74) is 1.06. The fourth-order valence-corrected chi connectivity index (χ4v) is 4.89. The lowest BCUT2D eigenvalue weighted by Gasteiger charge is -2.29. The van der Waals surface area contributed by atoms with Gasteiger partial charge in [0.25, 0.3) is 0 Å². The lowest BCUT2D eigenvalue weighted by atomic mass is 10.0. The van der Waals surface area contributed by atoms with Crippen LogP contribution in [-0.4, -0.2) is 38.7 Å². The predicted octanol–water partition coefficient (Wildman–Crippen LogP) is 3.29. The molecule has 0 aromatic heterocycles. The predicted molar refractivity (Wildman–Crippen MR) is 84.5 cm³/mol. The van der Waals surface area contributed by atoms with E-state index in [0.717, 1.165) is 29.8 Å². The molecule has 0 aliphatic heterocycles. The molecular weight excluding hydrogens is 262 g/mol. The summed E-state index contributed by atoms with van der Waals surface area (Å²) in [5.74, 6) is 0. The van der Waals surface area contributed by atoms with Gasteiger partial charge in [-0.3, -0.25) is 4.21 Å². The summed E-state index contributed by atoms with van der Waals surface area (Å²) in [6.07, 6.45) is 6.65. The quantitative estimate of drug-likeness (QED) is 0.572. The van der Waals surface area contributed by atoms with Crippen LogP contribution in [0.2, 0.25) is 0 Å². The van der Waals surface area contributed by atoms with Crippen LogP contribution in [0.1, 0.15) is 45.4 Å². The molecule has 2 atom stereocenters. The molecule has 1 rings (SSSR count). The number of thiocarbonyl (C=S) groups is 1. The van der Waals surface area contributed by atoms with Crippen molar-refractivity contribution in [3.63, 3.8) is 0 Å². The van der Waals surface area contributed by atoms with Crippen molar-refractivity contribution in [1.82, 2.24) is 4.90 Å². The van der Waals surface area contributed by atoms with Crippen LogP contribution in [0.3, 0.4) is 0 Å². The molecule has 0 radical (unpaired) electrons. The van der Waals surface area contributed by atoms with Gasteiger partial charge in [-0.25, -0.2) is 0 Å². The van der Waals surface area contributed by atoms with Gasteiger partial charge in [-0.15, -0.1) is 6.58 Å². The van der Waals surface area contributed by atoms with E-state index in [0.29, 0.717) is 5.25 Å². The van der Waals surface area contributed by atoms with E-state index in [1.807, 2.05) is 25.9 Å². The average molecular weight is 287 g/mol. The molecule has 0 saturated heterocycles. The standard InChI is InChI=1S/C14H25NOS2/c1-11(2)10-13(14(17)15(3)4)18(16)12-8-6-5-7-9-12/h12-13H,1,5-10H2,2-4H3/t13-,18?/m0/s1. The third-order valence-corrected chi connectivity index (χ3v) is 6.29. The summed E-state index contributed by atoms with van der Waals surface area (Å²) < 4.78 is 12.7. The van der Waals surface area contributed by atoms with Crippen molar-refractivity contribution in [1.29, 1.82) is 0 Å². The van der Waals surface area contributed by atoms with Crippen LogP contribution in [0.5, 0.6) is 0 Å². The molecule has 1 saturated carbocycles. The summed E-state index contributed by atoms with van der Waals surface area (Å²) in [4.78, 5) is 2.73. The van der Waals surface area contributed by atoms with Crippen LogP contribution in [0, 0.1) is 0 Å². The number of allylic oxidation sites excluding steroid dienone is 1. The van der Waals surface area contributed by atoms with Gasteiger partial charge < -0.3 is 4.90 Å². The van der Waals surface area contributed by atoms with Crippen molar-refractivity contribution in [3.05, 3.63) is 12.2 Å². The topological polar surface area (TPSA) is 20.3 Å². The molecule has 2 nitrogen and oxygen atoms in total. The van der Waals surface area contributed by atoms with Gasteiger partial charge in [0.15, 0.2) is 0 Å². The molecule has 0 bridgehead atoms. The van der Waals surface area contributed by atoms with Crippen LogP contribution in [-0.2, 0) is 10.8 Å². The number of hydrogen-bond acceptors (Lipinski definition) is 2. The second kappa shape index (κ2) is 7.39. The maximum absolute atomic E-state index is 12.7. The smallest absolute Gasteiger partial charge is 0.0935 e. The van der Waals surface area contributed by atoms with Gasteiger partial charge in [0.05, 0.1) is 10.2 Å². The molecule has 0 heterocycles. The molecule has 1 aliphatic rings. The van der Waals surface area contributed by atoms with Crippen LogP contribution in [0.4, 0.5) is 0 Å². The molecule has 0 aromatic carbocycles. The van der Waals surface area contributed by atoms with E-state index in [1.54, 1.807) is 0 Å². The van der Waals surface area contributed by atoms with Crippen LogP contribution in [0.25, 0.3) is 0 Å².